The Morgan fingerprint density at radius 2 is 1.85 bits per heavy atom. The van der Waals surface area contributed by atoms with Crippen LogP contribution in [0.1, 0.15) is 24.5 Å². The van der Waals surface area contributed by atoms with Gasteiger partial charge in [-0.1, -0.05) is 24.3 Å². The average molecular weight is 363 g/mol. The highest BCUT2D eigenvalue weighted by atomic mass is 16.5. The van der Waals surface area contributed by atoms with Crippen molar-refractivity contribution in [3.05, 3.63) is 35.4 Å². The van der Waals surface area contributed by atoms with Gasteiger partial charge in [-0.25, -0.2) is 0 Å². The molecule has 0 bridgehead atoms. The zero-order valence-electron chi connectivity index (χ0n) is 15.6. The van der Waals surface area contributed by atoms with Gasteiger partial charge < -0.3 is 15.2 Å². The molecule has 7 heteroatoms. The summed E-state index contributed by atoms with van der Waals surface area (Å²) in [5.74, 6) is -0.961. The summed E-state index contributed by atoms with van der Waals surface area (Å²) in [7, 11) is 1.76. The summed E-state index contributed by atoms with van der Waals surface area (Å²) in [6.07, 6.45) is 0.0265. The van der Waals surface area contributed by atoms with E-state index in [0.29, 0.717) is 13.1 Å². The zero-order chi connectivity index (χ0) is 18.9. The van der Waals surface area contributed by atoms with Crippen molar-refractivity contribution in [2.45, 2.75) is 32.5 Å². The van der Waals surface area contributed by atoms with E-state index in [-0.39, 0.29) is 18.4 Å². The van der Waals surface area contributed by atoms with Gasteiger partial charge in [-0.2, -0.15) is 0 Å². The van der Waals surface area contributed by atoms with Crippen LogP contribution >= 0.6 is 0 Å². The number of hydrogen-bond acceptors (Lipinski definition) is 5. The number of rotatable bonds is 9. The van der Waals surface area contributed by atoms with E-state index in [1.54, 1.807) is 18.9 Å². The highest BCUT2D eigenvalue weighted by Crippen LogP contribution is 2.09. The van der Waals surface area contributed by atoms with Crippen LogP contribution in [-0.4, -0.2) is 72.7 Å². The van der Waals surface area contributed by atoms with Gasteiger partial charge in [0.15, 0.2) is 0 Å². The lowest BCUT2D eigenvalue weighted by Crippen LogP contribution is -2.43. The van der Waals surface area contributed by atoms with E-state index in [2.05, 4.69) is 22.3 Å². The monoisotopic (exact) mass is 363 g/mol. The van der Waals surface area contributed by atoms with Crippen molar-refractivity contribution in [1.29, 1.82) is 0 Å². The Bertz CT molecular complexity index is 585. The average Bonchev–Trinajstić information content (AvgIpc) is 2.65. The van der Waals surface area contributed by atoms with E-state index >= 15 is 0 Å². The Balaban J connectivity index is 1.75. The van der Waals surface area contributed by atoms with E-state index < -0.39 is 5.97 Å². The van der Waals surface area contributed by atoms with Gasteiger partial charge in [0, 0.05) is 32.7 Å². The van der Waals surface area contributed by atoms with Gasteiger partial charge in [0.1, 0.15) is 0 Å². The molecule has 26 heavy (non-hydrogen) atoms. The predicted molar refractivity (Wildman–Crippen MR) is 98.7 cm³/mol. The second kappa shape index (κ2) is 10.3. The lowest BCUT2D eigenvalue weighted by Gasteiger charge is -2.26. The number of hydrogen-bond donors (Lipinski definition) is 2. The van der Waals surface area contributed by atoms with E-state index in [1.807, 2.05) is 12.1 Å². The minimum Gasteiger partial charge on any atom is -0.481 e. The van der Waals surface area contributed by atoms with Gasteiger partial charge in [-0.3, -0.25) is 19.4 Å². The van der Waals surface area contributed by atoms with E-state index in [9.17, 15) is 9.59 Å². The molecule has 1 saturated heterocycles. The highest BCUT2D eigenvalue weighted by molar-refractivity contribution is 5.81. The number of carboxylic acids is 1. The largest absolute Gasteiger partial charge is 0.481 e. The van der Waals surface area contributed by atoms with Crippen LogP contribution in [0.3, 0.4) is 0 Å². The lowest BCUT2D eigenvalue weighted by atomic mass is 10.1. The number of likely N-dealkylation sites (N-methyl/N-ethyl adjacent to an activating group) is 1. The molecule has 0 spiro atoms. The molecule has 1 fully saturated rings. The number of carbonyl (C=O) groups is 2. The topological polar surface area (TPSA) is 82.1 Å². The molecule has 0 aromatic heterocycles. The molecule has 0 aliphatic carbocycles. The number of nitrogens with zero attached hydrogens (tertiary/aromatic N) is 2. The fraction of sp³-hybridized carbons (Fsp3) is 0.579. The summed E-state index contributed by atoms with van der Waals surface area (Å²) in [5, 5.41) is 11.6. The Kier molecular flexibility index (Phi) is 8.03. The molecule has 1 aromatic rings. The van der Waals surface area contributed by atoms with Crippen LogP contribution < -0.4 is 5.32 Å². The highest BCUT2D eigenvalue weighted by Gasteiger charge is 2.18. The van der Waals surface area contributed by atoms with Gasteiger partial charge in [0.2, 0.25) is 5.91 Å². The molecule has 1 aliphatic rings. The van der Waals surface area contributed by atoms with Gasteiger partial charge in [-0.15, -0.1) is 0 Å². The molecule has 0 saturated carbocycles. The molecule has 144 valence electrons. The maximum Gasteiger partial charge on any atom is 0.304 e. The van der Waals surface area contributed by atoms with Crippen molar-refractivity contribution in [2.24, 2.45) is 0 Å². The molecular weight excluding hydrogens is 334 g/mol. The van der Waals surface area contributed by atoms with Crippen LogP contribution in [0.25, 0.3) is 0 Å². The zero-order valence-corrected chi connectivity index (χ0v) is 15.6. The summed E-state index contributed by atoms with van der Waals surface area (Å²) >= 11 is 0. The molecular formula is C19H29N3O4. The Morgan fingerprint density at radius 1 is 1.23 bits per heavy atom. The van der Waals surface area contributed by atoms with Crippen molar-refractivity contribution in [3.8, 4) is 0 Å². The number of carboxylic acid groups (broad SMARTS) is 1. The maximum atomic E-state index is 12.2. The number of aliphatic carboxylic acids is 1. The minimum absolute atomic E-state index is 0.0265. The van der Waals surface area contributed by atoms with Gasteiger partial charge in [0.25, 0.3) is 0 Å². The van der Waals surface area contributed by atoms with Crippen molar-refractivity contribution in [2.75, 3.05) is 39.9 Å². The Morgan fingerprint density at radius 3 is 2.46 bits per heavy atom. The summed E-state index contributed by atoms with van der Waals surface area (Å²) in [6, 6.07) is 7.90. The quantitative estimate of drug-likeness (QED) is 0.679. The third-order valence-corrected chi connectivity index (χ3v) is 4.72. The summed E-state index contributed by atoms with van der Waals surface area (Å²) in [6.45, 7) is 7.03. The summed E-state index contributed by atoms with van der Waals surface area (Å²) < 4.78 is 5.36. The first kappa shape index (κ1) is 20.4. The van der Waals surface area contributed by atoms with Crippen LogP contribution in [0.4, 0.5) is 0 Å². The third-order valence-electron chi connectivity index (χ3n) is 4.72. The van der Waals surface area contributed by atoms with Gasteiger partial charge in [0.05, 0.1) is 25.7 Å². The molecule has 1 unspecified atom stereocenters. The van der Waals surface area contributed by atoms with Crippen molar-refractivity contribution in [1.82, 2.24) is 15.1 Å². The lowest BCUT2D eigenvalue weighted by molar-refractivity contribution is -0.138. The first-order chi connectivity index (χ1) is 12.5. The maximum absolute atomic E-state index is 12.2. The smallest absolute Gasteiger partial charge is 0.304 e. The predicted octanol–water partition coefficient (Wildman–Crippen LogP) is 0.930. The van der Waals surface area contributed by atoms with Gasteiger partial charge >= 0.3 is 5.97 Å². The third kappa shape index (κ3) is 6.74. The number of amides is 1. The fourth-order valence-corrected chi connectivity index (χ4v) is 2.78. The first-order valence-corrected chi connectivity index (χ1v) is 9.03. The van der Waals surface area contributed by atoms with Crippen LogP contribution in [0.5, 0.6) is 0 Å². The summed E-state index contributed by atoms with van der Waals surface area (Å²) in [5.41, 5.74) is 2.30. The Hall–Kier alpha value is -1.96. The fourth-order valence-electron chi connectivity index (χ4n) is 2.78. The molecule has 1 aromatic carbocycles. The molecule has 1 amide bonds. The second-order valence-corrected chi connectivity index (χ2v) is 6.72. The Labute approximate surface area is 154 Å². The number of carbonyl (C=O) groups excluding carboxylic acids is 1. The normalized spacial score (nSPS) is 16.4. The molecule has 2 N–H and O–H groups in total. The molecule has 7 nitrogen and oxygen atoms in total. The van der Waals surface area contributed by atoms with Crippen LogP contribution in [0.15, 0.2) is 24.3 Å². The molecule has 1 atom stereocenters. The number of morpholine rings is 1. The molecule has 2 rings (SSSR count). The standard InChI is InChI=1S/C19H29N3O4/c1-15(21(2)8-7-18(23)24)19(25)20-13-16-3-5-17(6-4-16)14-22-9-11-26-12-10-22/h3-6,15H,7-14H2,1-2H3,(H,20,25)(H,23,24). The van der Waals surface area contributed by atoms with Crippen LogP contribution in [0.2, 0.25) is 0 Å². The van der Waals surface area contributed by atoms with Crippen LogP contribution in [-0.2, 0) is 27.4 Å². The van der Waals surface area contributed by atoms with Gasteiger partial charge in [-0.05, 0) is 25.1 Å². The summed E-state index contributed by atoms with van der Waals surface area (Å²) in [4.78, 5) is 27.0. The molecule has 1 aliphatic heterocycles. The van der Waals surface area contributed by atoms with Crippen molar-refractivity contribution in [3.63, 3.8) is 0 Å². The minimum atomic E-state index is -0.860. The second-order valence-electron chi connectivity index (χ2n) is 6.72. The van der Waals surface area contributed by atoms with E-state index in [1.165, 1.54) is 5.56 Å². The van der Waals surface area contributed by atoms with Crippen molar-refractivity contribution >= 4 is 11.9 Å². The van der Waals surface area contributed by atoms with E-state index in [4.69, 9.17) is 9.84 Å². The van der Waals surface area contributed by atoms with Crippen molar-refractivity contribution < 1.29 is 19.4 Å². The number of ether oxygens (including phenoxy) is 1. The van der Waals surface area contributed by atoms with E-state index in [0.717, 1.165) is 38.4 Å². The molecule has 0 radical (unpaired) electrons. The SMILES string of the molecule is CC(C(=O)NCc1ccc(CN2CCOCC2)cc1)N(C)CCC(=O)O. The number of benzene rings is 1. The molecule has 1 heterocycles. The first-order valence-electron chi connectivity index (χ1n) is 9.03. The van der Waals surface area contributed by atoms with Crippen LogP contribution in [0, 0.1) is 0 Å². The number of nitrogens with one attached hydrogen (secondary N) is 1.